The number of carbonyl (C=O) groups is 2. The Labute approximate surface area is 188 Å². The zero-order valence-corrected chi connectivity index (χ0v) is 19.2. The molecule has 1 N–H and O–H groups in total. The first-order chi connectivity index (χ1) is 13.3. The lowest BCUT2D eigenvalue weighted by Gasteiger charge is -2.29. The van der Waals surface area contributed by atoms with E-state index in [0.29, 0.717) is 27.9 Å². The molecular formula is C20H21Cl2IN2O3. The van der Waals surface area contributed by atoms with E-state index in [1.807, 2.05) is 19.1 Å². The number of rotatable bonds is 8. The third-order valence-electron chi connectivity index (χ3n) is 4.08. The Morgan fingerprint density at radius 3 is 2.32 bits per heavy atom. The van der Waals surface area contributed by atoms with E-state index in [1.54, 1.807) is 37.3 Å². The van der Waals surface area contributed by atoms with Gasteiger partial charge in [-0.15, -0.1) is 0 Å². The molecule has 0 aliphatic carbocycles. The minimum atomic E-state index is -0.708. The van der Waals surface area contributed by atoms with Crippen molar-refractivity contribution in [2.45, 2.75) is 26.4 Å². The van der Waals surface area contributed by atoms with Crippen LogP contribution in [0.2, 0.25) is 10.0 Å². The fraction of sp³-hybridized carbons (Fsp3) is 0.300. The molecule has 0 bridgehead atoms. The van der Waals surface area contributed by atoms with Crippen LogP contribution in [0.1, 0.15) is 19.4 Å². The lowest BCUT2D eigenvalue weighted by Crippen LogP contribution is -2.49. The summed E-state index contributed by atoms with van der Waals surface area (Å²) in [5.74, 6) is -0.0169. The fourth-order valence-electron chi connectivity index (χ4n) is 2.52. The molecule has 2 rings (SSSR count). The summed E-state index contributed by atoms with van der Waals surface area (Å²) in [6.45, 7) is 3.86. The van der Waals surface area contributed by atoms with Crippen molar-refractivity contribution in [3.05, 3.63) is 61.6 Å². The molecule has 28 heavy (non-hydrogen) atoms. The predicted molar refractivity (Wildman–Crippen MR) is 120 cm³/mol. The van der Waals surface area contributed by atoms with Crippen LogP contribution in [0, 0.1) is 3.57 Å². The molecule has 5 nitrogen and oxygen atoms in total. The van der Waals surface area contributed by atoms with Gasteiger partial charge in [0, 0.05) is 32.3 Å². The smallest absolute Gasteiger partial charge is 0.261 e. The van der Waals surface area contributed by atoms with E-state index in [4.69, 9.17) is 27.9 Å². The fourth-order valence-corrected chi connectivity index (χ4v) is 3.39. The summed E-state index contributed by atoms with van der Waals surface area (Å²) in [4.78, 5) is 26.7. The minimum absolute atomic E-state index is 0.103. The van der Waals surface area contributed by atoms with Crippen LogP contribution in [-0.4, -0.2) is 35.9 Å². The second kappa shape index (κ2) is 10.9. The first-order valence-corrected chi connectivity index (χ1v) is 10.5. The molecule has 0 aliphatic rings. The van der Waals surface area contributed by atoms with E-state index >= 15 is 0 Å². The van der Waals surface area contributed by atoms with Gasteiger partial charge in [0.2, 0.25) is 5.91 Å². The number of benzene rings is 2. The Morgan fingerprint density at radius 2 is 1.75 bits per heavy atom. The van der Waals surface area contributed by atoms with E-state index in [1.165, 1.54) is 4.90 Å². The maximum Gasteiger partial charge on any atom is 0.261 e. The predicted octanol–water partition coefficient (Wildman–Crippen LogP) is 4.53. The largest absolute Gasteiger partial charge is 0.484 e. The number of halogens is 3. The summed E-state index contributed by atoms with van der Waals surface area (Å²) >= 11 is 14.7. The zero-order valence-electron chi connectivity index (χ0n) is 15.5. The SMILES string of the molecule is CCNC(=O)[C@H](C)N(Cc1c(Cl)cccc1Cl)C(=O)COc1ccc(I)cc1. The highest BCUT2D eigenvalue weighted by molar-refractivity contribution is 14.1. The third-order valence-corrected chi connectivity index (χ3v) is 5.51. The molecule has 1 atom stereocenters. The van der Waals surface area contributed by atoms with Crippen LogP contribution in [0.3, 0.4) is 0 Å². The highest BCUT2D eigenvalue weighted by atomic mass is 127. The van der Waals surface area contributed by atoms with Crippen LogP contribution >= 0.6 is 45.8 Å². The Hall–Kier alpha value is -1.51. The van der Waals surface area contributed by atoms with Gasteiger partial charge >= 0.3 is 0 Å². The van der Waals surface area contributed by atoms with Crippen molar-refractivity contribution in [2.24, 2.45) is 0 Å². The van der Waals surface area contributed by atoms with E-state index < -0.39 is 6.04 Å². The second-order valence-corrected chi connectivity index (χ2v) is 8.10. The molecule has 2 amide bonds. The van der Waals surface area contributed by atoms with Gasteiger partial charge in [-0.05, 0) is 72.8 Å². The average molecular weight is 535 g/mol. The number of hydrogen-bond acceptors (Lipinski definition) is 3. The van der Waals surface area contributed by atoms with Crippen molar-refractivity contribution in [2.75, 3.05) is 13.2 Å². The van der Waals surface area contributed by atoms with E-state index in [-0.39, 0.29) is 25.0 Å². The lowest BCUT2D eigenvalue weighted by molar-refractivity contribution is -0.142. The van der Waals surface area contributed by atoms with Crippen LogP contribution in [0.15, 0.2) is 42.5 Å². The Bertz CT molecular complexity index is 810. The van der Waals surface area contributed by atoms with E-state index in [0.717, 1.165) is 3.57 Å². The molecule has 0 saturated heterocycles. The van der Waals surface area contributed by atoms with Crippen molar-refractivity contribution in [1.29, 1.82) is 0 Å². The van der Waals surface area contributed by atoms with Crippen molar-refractivity contribution < 1.29 is 14.3 Å². The van der Waals surface area contributed by atoms with Crippen LogP contribution in [-0.2, 0) is 16.1 Å². The highest BCUT2D eigenvalue weighted by Gasteiger charge is 2.27. The Morgan fingerprint density at radius 1 is 1.14 bits per heavy atom. The van der Waals surface area contributed by atoms with Gasteiger partial charge < -0.3 is 15.0 Å². The van der Waals surface area contributed by atoms with Gasteiger partial charge in [-0.3, -0.25) is 9.59 Å². The second-order valence-electron chi connectivity index (χ2n) is 6.04. The first-order valence-electron chi connectivity index (χ1n) is 8.72. The molecule has 2 aromatic rings. The van der Waals surface area contributed by atoms with Crippen molar-refractivity contribution in [3.8, 4) is 5.75 Å². The summed E-state index contributed by atoms with van der Waals surface area (Å²) < 4.78 is 6.67. The van der Waals surface area contributed by atoms with Gasteiger partial charge in [-0.2, -0.15) is 0 Å². The number of hydrogen-bond donors (Lipinski definition) is 1. The maximum absolute atomic E-state index is 12.9. The average Bonchev–Trinajstić information content (AvgIpc) is 2.67. The van der Waals surface area contributed by atoms with Crippen molar-refractivity contribution in [1.82, 2.24) is 10.2 Å². The summed E-state index contributed by atoms with van der Waals surface area (Å²) in [6, 6.07) is 11.8. The number of likely N-dealkylation sites (N-methyl/N-ethyl adjacent to an activating group) is 1. The molecule has 8 heteroatoms. The summed E-state index contributed by atoms with van der Waals surface area (Å²) in [6.07, 6.45) is 0. The monoisotopic (exact) mass is 534 g/mol. The lowest BCUT2D eigenvalue weighted by atomic mass is 10.1. The van der Waals surface area contributed by atoms with Gasteiger partial charge in [-0.1, -0.05) is 29.3 Å². The molecule has 0 spiro atoms. The normalized spacial score (nSPS) is 11.6. The first kappa shape index (κ1) is 22.8. The molecule has 0 saturated carbocycles. The molecular weight excluding hydrogens is 514 g/mol. The van der Waals surface area contributed by atoms with Crippen molar-refractivity contribution >= 4 is 57.6 Å². The highest BCUT2D eigenvalue weighted by Crippen LogP contribution is 2.26. The van der Waals surface area contributed by atoms with Gasteiger partial charge in [-0.25, -0.2) is 0 Å². The number of carbonyl (C=O) groups excluding carboxylic acids is 2. The zero-order chi connectivity index (χ0) is 20.7. The van der Waals surface area contributed by atoms with Gasteiger partial charge in [0.15, 0.2) is 6.61 Å². The van der Waals surface area contributed by atoms with Crippen molar-refractivity contribution in [3.63, 3.8) is 0 Å². The standard InChI is InChI=1S/C20H21Cl2IN2O3/c1-3-24-20(27)13(2)25(11-16-17(21)5-4-6-18(16)22)19(26)12-28-15-9-7-14(23)8-10-15/h4-10,13H,3,11-12H2,1-2H3,(H,24,27)/t13-/m0/s1. The minimum Gasteiger partial charge on any atom is -0.484 e. The van der Waals surface area contributed by atoms with Gasteiger partial charge in [0.25, 0.3) is 5.91 Å². The van der Waals surface area contributed by atoms with Gasteiger partial charge in [0.1, 0.15) is 11.8 Å². The quantitative estimate of drug-likeness (QED) is 0.506. The van der Waals surface area contributed by atoms with Crippen LogP contribution in [0.4, 0.5) is 0 Å². The number of ether oxygens (including phenoxy) is 1. The molecule has 150 valence electrons. The molecule has 0 fully saturated rings. The summed E-state index contributed by atoms with van der Waals surface area (Å²) in [5, 5.41) is 3.61. The van der Waals surface area contributed by atoms with Crippen LogP contribution in [0.25, 0.3) is 0 Å². The summed E-state index contributed by atoms with van der Waals surface area (Å²) in [5.41, 5.74) is 0.588. The molecule has 0 radical (unpaired) electrons. The number of nitrogens with one attached hydrogen (secondary N) is 1. The third kappa shape index (κ3) is 6.25. The van der Waals surface area contributed by atoms with Crippen LogP contribution < -0.4 is 10.1 Å². The van der Waals surface area contributed by atoms with Crippen LogP contribution in [0.5, 0.6) is 5.75 Å². The Kier molecular flexibility index (Phi) is 8.85. The number of nitrogens with zero attached hydrogens (tertiary/aromatic N) is 1. The molecule has 0 heterocycles. The maximum atomic E-state index is 12.9. The number of amides is 2. The molecule has 0 aliphatic heterocycles. The summed E-state index contributed by atoms with van der Waals surface area (Å²) in [7, 11) is 0. The van der Waals surface area contributed by atoms with E-state index in [2.05, 4.69) is 27.9 Å². The Balaban J connectivity index is 2.20. The molecule has 2 aromatic carbocycles. The molecule has 0 aromatic heterocycles. The topological polar surface area (TPSA) is 58.6 Å². The molecule has 0 unspecified atom stereocenters. The van der Waals surface area contributed by atoms with E-state index in [9.17, 15) is 9.59 Å². The van der Waals surface area contributed by atoms with Gasteiger partial charge in [0.05, 0.1) is 0 Å².